The smallest absolute Gasteiger partial charge is 0.244 e. The maximum Gasteiger partial charge on any atom is 0.244 e. The van der Waals surface area contributed by atoms with Gasteiger partial charge in [0.05, 0.1) is 4.90 Å². The molecule has 0 bridgehead atoms. The lowest BCUT2D eigenvalue weighted by molar-refractivity contribution is -0.118. The SMILES string of the molecule is CCSc1nnc(NC(=O)C(NS(=O)(=O)c2ccc3c(c2)OCCO3)C(C)C)s1. The molecule has 9 nitrogen and oxygen atoms in total. The van der Waals surface area contributed by atoms with E-state index in [9.17, 15) is 13.2 Å². The second-order valence-electron chi connectivity index (χ2n) is 6.44. The summed E-state index contributed by atoms with van der Waals surface area (Å²) in [5.41, 5.74) is 0. The molecule has 0 spiro atoms. The number of benzene rings is 1. The Kier molecular flexibility index (Phi) is 6.98. The van der Waals surface area contributed by atoms with Gasteiger partial charge in [0.15, 0.2) is 15.8 Å². The largest absolute Gasteiger partial charge is 0.486 e. The minimum atomic E-state index is -3.96. The van der Waals surface area contributed by atoms with Crippen LogP contribution in [0.15, 0.2) is 27.4 Å². The first-order valence-corrected chi connectivity index (χ1v) is 12.3. The number of rotatable bonds is 8. The normalized spacial score (nSPS) is 14.6. The average Bonchev–Trinajstić information content (AvgIpc) is 3.12. The van der Waals surface area contributed by atoms with Crippen LogP contribution in [-0.4, -0.2) is 49.5 Å². The molecule has 0 saturated carbocycles. The van der Waals surface area contributed by atoms with Crippen LogP contribution in [0.5, 0.6) is 11.5 Å². The number of carbonyl (C=O) groups is 1. The van der Waals surface area contributed by atoms with Gasteiger partial charge in [-0.05, 0) is 23.8 Å². The second kappa shape index (κ2) is 9.28. The minimum Gasteiger partial charge on any atom is -0.486 e. The van der Waals surface area contributed by atoms with Crippen molar-refractivity contribution in [2.75, 3.05) is 24.3 Å². The predicted octanol–water partition coefficient (Wildman–Crippen LogP) is 2.36. The monoisotopic (exact) mass is 458 g/mol. The lowest BCUT2D eigenvalue weighted by Crippen LogP contribution is -2.47. The van der Waals surface area contributed by atoms with Crippen molar-refractivity contribution in [3.05, 3.63) is 18.2 Å². The number of anilines is 1. The highest BCUT2D eigenvalue weighted by atomic mass is 32.2. The minimum absolute atomic E-state index is 0.00209. The second-order valence-corrected chi connectivity index (χ2v) is 10.6. The standard InChI is InChI=1S/C17H22N4O5S3/c1-4-27-17-20-19-16(28-17)18-15(22)14(10(2)3)21-29(23,24)11-5-6-12-13(9-11)26-8-7-25-12/h5-6,9-10,14,21H,4,7-8H2,1-3H3,(H,18,19,22). The van der Waals surface area contributed by atoms with Gasteiger partial charge in [-0.15, -0.1) is 10.2 Å². The van der Waals surface area contributed by atoms with E-state index in [-0.39, 0.29) is 10.8 Å². The van der Waals surface area contributed by atoms with Crippen molar-refractivity contribution >= 4 is 44.2 Å². The van der Waals surface area contributed by atoms with Gasteiger partial charge in [-0.1, -0.05) is 43.9 Å². The Morgan fingerprint density at radius 3 is 2.66 bits per heavy atom. The highest BCUT2D eigenvalue weighted by Gasteiger charge is 2.30. The van der Waals surface area contributed by atoms with Gasteiger partial charge in [-0.25, -0.2) is 8.42 Å². The van der Waals surface area contributed by atoms with E-state index in [4.69, 9.17) is 9.47 Å². The molecule has 3 rings (SSSR count). The van der Waals surface area contributed by atoms with E-state index in [1.807, 2.05) is 6.92 Å². The van der Waals surface area contributed by atoms with Gasteiger partial charge in [0.2, 0.25) is 21.1 Å². The number of nitrogens with zero attached hydrogens (tertiary/aromatic N) is 2. The molecule has 1 aliphatic heterocycles. The van der Waals surface area contributed by atoms with Crippen LogP contribution in [0, 0.1) is 5.92 Å². The number of aromatic nitrogens is 2. The predicted molar refractivity (Wildman–Crippen MR) is 111 cm³/mol. The van der Waals surface area contributed by atoms with Crippen molar-refractivity contribution in [2.24, 2.45) is 5.92 Å². The van der Waals surface area contributed by atoms with Gasteiger partial charge in [-0.2, -0.15) is 4.72 Å². The van der Waals surface area contributed by atoms with Crippen molar-refractivity contribution in [1.29, 1.82) is 0 Å². The van der Waals surface area contributed by atoms with E-state index in [2.05, 4.69) is 20.2 Å². The Labute approximate surface area is 177 Å². The first-order valence-electron chi connectivity index (χ1n) is 8.99. The van der Waals surface area contributed by atoms with Crippen molar-refractivity contribution in [1.82, 2.24) is 14.9 Å². The van der Waals surface area contributed by atoms with Crippen molar-refractivity contribution in [3.8, 4) is 11.5 Å². The molecular weight excluding hydrogens is 436 g/mol. The summed E-state index contributed by atoms with van der Waals surface area (Å²) in [5, 5.41) is 10.9. The molecule has 1 aromatic heterocycles. The van der Waals surface area contributed by atoms with Crippen LogP contribution in [-0.2, 0) is 14.8 Å². The van der Waals surface area contributed by atoms with Gasteiger partial charge in [0, 0.05) is 6.07 Å². The van der Waals surface area contributed by atoms with Crippen LogP contribution in [0.2, 0.25) is 0 Å². The summed E-state index contributed by atoms with van der Waals surface area (Å²) in [5.74, 6) is 0.904. The molecule has 0 radical (unpaired) electrons. The number of amides is 1. The third-order valence-corrected chi connectivity index (χ3v) is 7.25. The zero-order valence-corrected chi connectivity index (χ0v) is 18.6. The van der Waals surface area contributed by atoms with Gasteiger partial charge in [-0.3, -0.25) is 10.1 Å². The fraction of sp³-hybridized carbons (Fsp3) is 0.471. The Morgan fingerprint density at radius 2 is 1.97 bits per heavy atom. The highest BCUT2D eigenvalue weighted by molar-refractivity contribution is 8.01. The molecule has 2 aromatic rings. The van der Waals surface area contributed by atoms with Crippen LogP contribution in [0.4, 0.5) is 5.13 Å². The molecule has 0 aliphatic carbocycles. The van der Waals surface area contributed by atoms with Gasteiger partial charge in [0.25, 0.3) is 0 Å². The molecule has 12 heteroatoms. The topological polar surface area (TPSA) is 120 Å². The van der Waals surface area contributed by atoms with Crippen LogP contribution < -0.4 is 19.5 Å². The summed E-state index contributed by atoms with van der Waals surface area (Å²) in [4.78, 5) is 12.7. The molecule has 2 N–H and O–H groups in total. The number of hydrogen-bond acceptors (Lipinski definition) is 9. The maximum atomic E-state index is 12.9. The summed E-state index contributed by atoms with van der Waals surface area (Å²) in [6, 6.07) is 3.37. The van der Waals surface area contributed by atoms with Crippen LogP contribution in [0.1, 0.15) is 20.8 Å². The Morgan fingerprint density at radius 1 is 1.24 bits per heavy atom. The molecule has 1 atom stereocenters. The molecule has 29 heavy (non-hydrogen) atoms. The van der Waals surface area contributed by atoms with Crippen LogP contribution in [0.25, 0.3) is 0 Å². The van der Waals surface area contributed by atoms with Crippen molar-refractivity contribution < 1.29 is 22.7 Å². The summed E-state index contributed by atoms with van der Waals surface area (Å²) in [6.07, 6.45) is 0. The first kappa shape index (κ1) is 21.8. The van der Waals surface area contributed by atoms with Gasteiger partial charge in [0.1, 0.15) is 19.3 Å². The zero-order chi connectivity index (χ0) is 21.0. The zero-order valence-electron chi connectivity index (χ0n) is 16.2. The van der Waals surface area contributed by atoms with Gasteiger partial charge >= 0.3 is 0 Å². The summed E-state index contributed by atoms with van der Waals surface area (Å²) in [7, 11) is -3.96. The Balaban J connectivity index is 1.75. The van der Waals surface area contributed by atoms with Crippen molar-refractivity contribution in [3.63, 3.8) is 0 Å². The lowest BCUT2D eigenvalue weighted by atomic mass is 10.1. The molecule has 2 heterocycles. The van der Waals surface area contributed by atoms with Gasteiger partial charge < -0.3 is 9.47 Å². The molecule has 1 aliphatic rings. The summed E-state index contributed by atoms with van der Waals surface area (Å²) < 4.78 is 39.8. The number of nitrogens with one attached hydrogen (secondary N) is 2. The van der Waals surface area contributed by atoms with Crippen LogP contribution in [0.3, 0.4) is 0 Å². The fourth-order valence-corrected chi connectivity index (χ4v) is 5.55. The average molecular weight is 459 g/mol. The fourth-order valence-electron chi connectivity index (χ4n) is 2.54. The number of ether oxygens (including phenoxy) is 2. The number of fused-ring (bicyclic) bond motifs is 1. The van der Waals surface area contributed by atoms with E-state index in [1.54, 1.807) is 19.9 Å². The molecular formula is C17H22N4O5S3. The maximum absolute atomic E-state index is 12.9. The molecule has 158 valence electrons. The summed E-state index contributed by atoms with van der Waals surface area (Å²) in [6.45, 7) is 6.27. The van der Waals surface area contributed by atoms with E-state index in [1.165, 1.54) is 35.2 Å². The number of sulfonamides is 1. The third kappa shape index (κ3) is 5.38. The number of hydrogen-bond donors (Lipinski definition) is 2. The molecule has 0 fully saturated rings. The quantitative estimate of drug-likeness (QED) is 0.457. The number of thioether (sulfide) groups is 1. The van der Waals surface area contributed by atoms with E-state index in [0.717, 1.165) is 10.1 Å². The lowest BCUT2D eigenvalue weighted by Gasteiger charge is -2.22. The van der Waals surface area contributed by atoms with Crippen molar-refractivity contribution in [2.45, 2.75) is 36.0 Å². The number of carbonyl (C=O) groups excluding carboxylic acids is 1. The molecule has 1 aromatic carbocycles. The highest BCUT2D eigenvalue weighted by Crippen LogP contribution is 2.32. The van der Waals surface area contributed by atoms with E-state index in [0.29, 0.717) is 29.8 Å². The molecule has 1 unspecified atom stereocenters. The van der Waals surface area contributed by atoms with Crippen LogP contribution >= 0.6 is 23.1 Å². The van der Waals surface area contributed by atoms with E-state index < -0.39 is 22.0 Å². The molecule has 0 saturated heterocycles. The van der Waals surface area contributed by atoms with E-state index >= 15 is 0 Å². The Bertz CT molecular complexity index is 977. The third-order valence-electron chi connectivity index (χ3n) is 3.96. The summed E-state index contributed by atoms with van der Waals surface area (Å²) >= 11 is 2.76. The Hall–Kier alpha value is -1.89. The first-order chi connectivity index (χ1) is 13.8. The molecule has 1 amide bonds.